The zero-order chi connectivity index (χ0) is 26.3. The number of allylic oxidation sites excluding steroid dienone is 1. The monoisotopic (exact) mass is 493 g/mol. The Morgan fingerprint density at radius 3 is 1.97 bits per heavy atom. The largest absolute Gasteiger partial charge is 0.508 e. The number of methoxy groups -OCH3 is 1. The first-order valence-corrected chi connectivity index (χ1v) is 10.5. The highest BCUT2D eigenvalue weighted by Gasteiger charge is 2.21. The molecule has 1 aromatic carbocycles. The summed E-state index contributed by atoms with van der Waals surface area (Å²) < 4.78 is 11.5. The Kier molecular flexibility index (Phi) is 9.31. The van der Waals surface area contributed by atoms with E-state index >= 15 is 0 Å². The number of nitrogens with zero attached hydrogens (tertiary/aromatic N) is 3. The summed E-state index contributed by atoms with van der Waals surface area (Å²) in [4.78, 5) is 62.0. The molecule has 3 N–H and O–H groups in total. The number of aromatic hydroxyl groups is 1. The summed E-state index contributed by atoms with van der Waals surface area (Å²) in [6, 6.07) is 3.24. The summed E-state index contributed by atoms with van der Waals surface area (Å²) in [7, 11) is 1.12. The van der Waals surface area contributed by atoms with E-state index in [9.17, 15) is 39.3 Å². The van der Waals surface area contributed by atoms with Gasteiger partial charge in [0.15, 0.2) is 0 Å². The molecule has 0 spiro atoms. The van der Waals surface area contributed by atoms with Gasteiger partial charge in [-0.05, 0) is 24.6 Å². The molecule has 0 amide bonds. The van der Waals surface area contributed by atoms with Gasteiger partial charge in [0.1, 0.15) is 18.5 Å². The Morgan fingerprint density at radius 2 is 1.46 bits per heavy atom. The molecule has 2 rings (SSSR count). The predicted octanol–water partition coefficient (Wildman–Crippen LogP) is -1.16. The zero-order valence-electron chi connectivity index (χ0n) is 19.2. The maximum absolute atomic E-state index is 12.8. The smallest absolute Gasteiger partial charge is 0.338 e. The molecule has 190 valence electrons. The lowest BCUT2D eigenvalue weighted by molar-refractivity contribution is 0.0206. The normalized spacial score (nSPS) is 12.6. The van der Waals surface area contributed by atoms with Crippen molar-refractivity contribution in [1.82, 2.24) is 13.7 Å². The summed E-state index contributed by atoms with van der Waals surface area (Å²) in [6.07, 6.45) is -1.04. The number of aliphatic hydroxyl groups excluding tert-OH is 2. The number of benzene rings is 1. The molecular formula is C22H27N3O10. The van der Waals surface area contributed by atoms with Crippen molar-refractivity contribution in [1.29, 1.82) is 0 Å². The number of hydrogen-bond acceptors (Lipinski definition) is 10. The second-order valence-corrected chi connectivity index (χ2v) is 7.54. The third kappa shape index (κ3) is 6.55. The van der Waals surface area contributed by atoms with Crippen LogP contribution in [0.2, 0.25) is 0 Å². The van der Waals surface area contributed by atoms with Crippen molar-refractivity contribution in [2.75, 3.05) is 13.7 Å². The SMILES string of the molecule is C=CCn1c(=O)n(CC(O)CC)c(=O)n(CC(O)COC(=O)c2cc(O)cc(C(=O)OC)c2)c1=O. The molecule has 0 bridgehead atoms. The van der Waals surface area contributed by atoms with Crippen LogP contribution in [0.15, 0.2) is 45.2 Å². The van der Waals surface area contributed by atoms with Gasteiger partial charge in [-0.1, -0.05) is 13.0 Å². The van der Waals surface area contributed by atoms with E-state index < -0.39 is 60.1 Å². The Bertz CT molecular complexity index is 1270. The number of hydrogen-bond donors (Lipinski definition) is 3. The van der Waals surface area contributed by atoms with Crippen molar-refractivity contribution in [3.05, 3.63) is 73.4 Å². The predicted molar refractivity (Wildman–Crippen MR) is 121 cm³/mol. The molecule has 35 heavy (non-hydrogen) atoms. The third-order valence-corrected chi connectivity index (χ3v) is 4.94. The van der Waals surface area contributed by atoms with Crippen LogP contribution in [0.1, 0.15) is 34.1 Å². The topological polar surface area (TPSA) is 179 Å². The molecule has 2 aromatic rings. The Labute approximate surface area is 198 Å². The molecule has 13 heteroatoms. The van der Waals surface area contributed by atoms with Gasteiger partial charge in [-0.2, -0.15) is 0 Å². The van der Waals surface area contributed by atoms with Crippen molar-refractivity contribution in [3.8, 4) is 5.75 Å². The number of esters is 2. The van der Waals surface area contributed by atoms with E-state index in [0.717, 1.165) is 29.9 Å². The zero-order valence-corrected chi connectivity index (χ0v) is 19.2. The van der Waals surface area contributed by atoms with Gasteiger partial charge in [0.25, 0.3) is 0 Å². The summed E-state index contributed by atoms with van der Waals surface area (Å²) >= 11 is 0. The van der Waals surface area contributed by atoms with Crippen LogP contribution in [-0.4, -0.2) is 66.9 Å². The fraction of sp³-hybridized carbons (Fsp3) is 0.409. The number of carbonyl (C=O) groups is 2. The molecule has 0 radical (unpaired) electrons. The molecule has 2 unspecified atom stereocenters. The minimum Gasteiger partial charge on any atom is -0.508 e. The fourth-order valence-corrected chi connectivity index (χ4v) is 3.10. The van der Waals surface area contributed by atoms with E-state index in [-0.39, 0.29) is 30.6 Å². The van der Waals surface area contributed by atoms with Crippen LogP contribution in [0, 0.1) is 0 Å². The van der Waals surface area contributed by atoms with Crippen molar-refractivity contribution in [2.45, 2.75) is 45.2 Å². The van der Waals surface area contributed by atoms with Gasteiger partial charge in [0, 0.05) is 0 Å². The summed E-state index contributed by atoms with van der Waals surface area (Å²) in [6.45, 7) is 3.24. The van der Waals surface area contributed by atoms with E-state index in [4.69, 9.17) is 4.74 Å². The molecule has 0 aliphatic carbocycles. The average Bonchev–Trinajstić information content (AvgIpc) is 2.84. The molecule has 0 aliphatic heterocycles. The lowest BCUT2D eigenvalue weighted by Crippen LogP contribution is -2.56. The van der Waals surface area contributed by atoms with Crippen molar-refractivity contribution in [3.63, 3.8) is 0 Å². The summed E-state index contributed by atoms with van der Waals surface area (Å²) in [5.41, 5.74) is -3.30. The number of phenols is 1. The number of aromatic nitrogens is 3. The van der Waals surface area contributed by atoms with Crippen molar-refractivity contribution >= 4 is 11.9 Å². The van der Waals surface area contributed by atoms with Crippen molar-refractivity contribution in [2.24, 2.45) is 0 Å². The highest BCUT2D eigenvalue weighted by atomic mass is 16.5. The molecule has 1 heterocycles. The van der Waals surface area contributed by atoms with Crippen LogP contribution >= 0.6 is 0 Å². The molecule has 2 atom stereocenters. The number of ether oxygens (including phenoxy) is 2. The summed E-state index contributed by atoms with van der Waals surface area (Å²) in [5, 5.41) is 29.9. The molecule has 13 nitrogen and oxygen atoms in total. The van der Waals surface area contributed by atoms with Crippen LogP contribution in [0.25, 0.3) is 0 Å². The van der Waals surface area contributed by atoms with E-state index in [0.29, 0.717) is 9.13 Å². The van der Waals surface area contributed by atoms with Crippen LogP contribution < -0.4 is 17.1 Å². The Hall–Kier alpha value is -3.97. The third-order valence-electron chi connectivity index (χ3n) is 4.94. The van der Waals surface area contributed by atoms with Gasteiger partial charge >= 0.3 is 29.0 Å². The van der Waals surface area contributed by atoms with Crippen molar-refractivity contribution < 1.29 is 34.4 Å². The van der Waals surface area contributed by atoms with Gasteiger partial charge in [-0.25, -0.2) is 37.7 Å². The minimum absolute atomic E-state index is 0.106. The van der Waals surface area contributed by atoms with E-state index in [2.05, 4.69) is 11.3 Å². The van der Waals surface area contributed by atoms with Crippen LogP contribution in [-0.2, 0) is 29.1 Å². The Morgan fingerprint density at radius 1 is 0.943 bits per heavy atom. The van der Waals surface area contributed by atoms with Gasteiger partial charge in [-0.3, -0.25) is 0 Å². The average molecular weight is 493 g/mol. The van der Waals surface area contributed by atoms with Crippen LogP contribution in [0.3, 0.4) is 0 Å². The van der Waals surface area contributed by atoms with E-state index in [1.807, 2.05) is 0 Å². The van der Waals surface area contributed by atoms with Gasteiger partial charge in [0.2, 0.25) is 0 Å². The Balaban J connectivity index is 2.27. The van der Waals surface area contributed by atoms with Crippen LogP contribution in [0.4, 0.5) is 0 Å². The quantitative estimate of drug-likeness (QED) is 0.255. The first kappa shape index (κ1) is 27.3. The molecule has 0 fully saturated rings. The first-order chi connectivity index (χ1) is 16.5. The maximum Gasteiger partial charge on any atom is 0.338 e. The highest BCUT2D eigenvalue weighted by molar-refractivity contribution is 5.96. The van der Waals surface area contributed by atoms with E-state index in [1.54, 1.807) is 6.92 Å². The fourth-order valence-electron chi connectivity index (χ4n) is 3.10. The number of aliphatic hydroxyl groups is 2. The number of carbonyl (C=O) groups excluding carboxylic acids is 2. The molecule has 0 saturated carbocycles. The molecular weight excluding hydrogens is 466 g/mol. The lowest BCUT2D eigenvalue weighted by atomic mass is 10.1. The number of phenolic OH excluding ortho intramolecular Hbond substituents is 1. The molecule has 0 saturated heterocycles. The van der Waals surface area contributed by atoms with Crippen LogP contribution in [0.5, 0.6) is 5.75 Å². The lowest BCUT2D eigenvalue weighted by Gasteiger charge is -2.17. The second-order valence-electron chi connectivity index (χ2n) is 7.54. The maximum atomic E-state index is 12.8. The number of rotatable bonds is 11. The van der Waals surface area contributed by atoms with Gasteiger partial charge in [0.05, 0.1) is 44.0 Å². The highest BCUT2D eigenvalue weighted by Crippen LogP contribution is 2.17. The van der Waals surface area contributed by atoms with E-state index in [1.165, 1.54) is 6.08 Å². The van der Waals surface area contributed by atoms with Gasteiger partial charge < -0.3 is 24.8 Å². The standard InChI is InChI=1S/C22H27N3O10/c1-4-6-23-20(31)24(10-15(26)5-2)22(33)25(21(23)32)11-17(28)12-35-19(30)14-7-13(18(29)34-3)8-16(27)9-14/h4,7-9,15,17,26-28H,1,5-6,10-12H2,2-3H3. The van der Waals surface area contributed by atoms with Gasteiger partial charge in [-0.15, -0.1) is 6.58 Å². The minimum atomic E-state index is -1.54. The second kappa shape index (κ2) is 11.9. The molecule has 1 aromatic heterocycles. The first-order valence-electron chi connectivity index (χ1n) is 10.5. The summed E-state index contributed by atoms with van der Waals surface area (Å²) in [5.74, 6) is -2.20. The molecule has 0 aliphatic rings.